The first kappa shape index (κ1) is 28.9. The zero-order chi connectivity index (χ0) is 25.9. The highest BCUT2D eigenvalue weighted by molar-refractivity contribution is 6.17. The molecule has 34 heavy (non-hydrogen) atoms. The van der Waals surface area contributed by atoms with Crippen LogP contribution in [0, 0.1) is 0 Å². The summed E-state index contributed by atoms with van der Waals surface area (Å²) in [6.07, 6.45) is -9.64. The van der Waals surface area contributed by atoms with Crippen LogP contribution in [-0.2, 0) is 16.0 Å². The summed E-state index contributed by atoms with van der Waals surface area (Å²) in [5.74, 6) is -4.22. The Labute approximate surface area is 194 Å². The summed E-state index contributed by atoms with van der Waals surface area (Å²) >= 11 is 5.48. The third-order valence-electron chi connectivity index (χ3n) is 3.98. The third kappa shape index (κ3) is 11.1. The SMILES string of the molecule is O=C(O)C(CCCCl)c1ccccc1OC(F)(F)F.O=C(O)Cc1ccccc1OC(F)(F)F. The van der Waals surface area contributed by atoms with E-state index in [0.29, 0.717) is 6.42 Å². The highest BCUT2D eigenvalue weighted by atomic mass is 35.5. The second-order valence-corrected chi connectivity index (χ2v) is 6.91. The molecule has 0 aliphatic heterocycles. The molecule has 0 saturated heterocycles. The van der Waals surface area contributed by atoms with Gasteiger partial charge in [-0.1, -0.05) is 36.4 Å². The van der Waals surface area contributed by atoms with E-state index in [0.717, 1.165) is 12.1 Å². The van der Waals surface area contributed by atoms with Gasteiger partial charge in [-0.2, -0.15) is 0 Å². The monoisotopic (exact) mass is 516 g/mol. The summed E-state index contributed by atoms with van der Waals surface area (Å²) in [4.78, 5) is 21.5. The summed E-state index contributed by atoms with van der Waals surface area (Å²) in [6.45, 7) is 0. The maximum Gasteiger partial charge on any atom is 0.573 e. The normalized spacial score (nSPS) is 12.2. The Morgan fingerprint density at radius 1 is 0.853 bits per heavy atom. The van der Waals surface area contributed by atoms with Crippen LogP contribution in [-0.4, -0.2) is 40.8 Å². The predicted molar refractivity (Wildman–Crippen MR) is 108 cm³/mol. The van der Waals surface area contributed by atoms with E-state index in [1.165, 1.54) is 36.4 Å². The molecule has 0 aliphatic rings. The molecule has 1 atom stereocenters. The molecule has 13 heteroatoms. The van der Waals surface area contributed by atoms with E-state index >= 15 is 0 Å². The Hall–Kier alpha value is -3.15. The molecule has 0 amide bonds. The molecule has 0 spiro atoms. The Kier molecular flexibility index (Phi) is 11.0. The molecule has 2 aromatic rings. The van der Waals surface area contributed by atoms with Crippen molar-refractivity contribution < 1.29 is 55.6 Å². The predicted octanol–water partition coefficient (Wildman–Crippen LogP) is 5.98. The average Bonchev–Trinajstić information content (AvgIpc) is 2.69. The Morgan fingerprint density at radius 3 is 1.85 bits per heavy atom. The molecule has 0 bridgehead atoms. The molecule has 2 rings (SSSR count). The van der Waals surface area contributed by atoms with Gasteiger partial charge in [-0.25, -0.2) is 0 Å². The van der Waals surface area contributed by atoms with Crippen LogP contribution in [0.5, 0.6) is 11.5 Å². The summed E-state index contributed by atoms with van der Waals surface area (Å²) in [5, 5.41) is 17.5. The van der Waals surface area contributed by atoms with Gasteiger partial charge in [0.2, 0.25) is 0 Å². The van der Waals surface area contributed by atoms with Gasteiger partial charge in [0.05, 0.1) is 12.3 Å². The number of benzene rings is 2. The van der Waals surface area contributed by atoms with Crippen molar-refractivity contribution >= 4 is 23.5 Å². The van der Waals surface area contributed by atoms with Crippen molar-refractivity contribution in [3.63, 3.8) is 0 Å². The van der Waals surface area contributed by atoms with Gasteiger partial charge in [0.25, 0.3) is 0 Å². The minimum absolute atomic E-state index is 0.00237. The lowest BCUT2D eigenvalue weighted by Crippen LogP contribution is -2.20. The number of hydrogen-bond acceptors (Lipinski definition) is 4. The third-order valence-corrected chi connectivity index (χ3v) is 4.25. The fourth-order valence-corrected chi connectivity index (χ4v) is 2.87. The van der Waals surface area contributed by atoms with E-state index < -0.39 is 48.5 Å². The van der Waals surface area contributed by atoms with Crippen molar-refractivity contribution in [2.75, 3.05) is 5.88 Å². The van der Waals surface area contributed by atoms with Crippen LogP contribution >= 0.6 is 11.6 Å². The Balaban J connectivity index is 0.000000350. The molecule has 188 valence electrons. The lowest BCUT2D eigenvalue weighted by molar-refractivity contribution is -0.276. The summed E-state index contributed by atoms with van der Waals surface area (Å²) in [6, 6.07) is 10.4. The molecule has 0 heterocycles. The first-order chi connectivity index (χ1) is 15.7. The quantitative estimate of drug-likeness (QED) is 0.314. The first-order valence-corrected chi connectivity index (χ1v) is 9.96. The number of carboxylic acid groups (broad SMARTS) is 2. The van der Waals surface area contributed by atoms with E-state index in [4.69, 9.17) is 21.8 Å². The van der Waals surface area contributed by atoms with Gasteiger partial charge in [0, 0.05) is 17.0 Å². The van der Waals surface area contributed by atoms with Crippen molar-refractivity contribution in [2.45, 2.75) is 37.9 Å². The van der Waals surface area contributed by atoms with Gasteiger partial charge in [-0.05, 0) is 25.0 Å². The second-order valence-electron chi connectivity index (χ2n) is 6.53. The standard InChI is InChI=1S/C12H12ClF3O3.C9H7F3O3/c13-7-3-5-9(11(17)18)8-4-1-2-6-10(8)19-12(14,15)16;10-9(11,12)15-7-4-2-1-3-6(7)5-8(13)14/h1-2,4,6,9H,3,5,7H2,(H,17,18);1-4H,5H2,(H,13,14). The highest BCUT2D eigenvalue weighted by Crippen LogP contribution is 2.33. The lowest BCUT2D eigenvalue weighted by atomic mass is 9.94. The fourth-order valence-electron chi connectivity index (χ4n) is 2.72. The van der Waals surface area contributed by atoms with Crippen molar-refractivity contribution in [3.8, 4) is 11.5 Å². The number of rotatable bonds is 9. The van der Waals surface area contributed by atoms with Gasteiger partial charge < -0.3 is 19.7 Å². The van der Waals surface area contributed by atoms with Crippen LogP contribution in [0.3, 0.4) is 0 Å². The number of hydrogen-bond donors (Lipinski definition) is 2. The van der Waals surface area contributed by atoms with Crippen LogP contribution in [0.2, 0.25) is 0 Å². The molecule has 0 radical (unpaired) electrons. The minimum Gasteiger partial charge on any atom is -0.481 e. The van der Waals surface area contributed by atoms with Crippen LogP contribution in [0.4, 0.5) is 26.3 Å². The molecule has 0 saturated carbocycles. The molecule has 0 aromatic heterocycles. The molecular formula is C21H19ClF6O6. The van der Waals surface area contributed by atoms with Crippen LogP contribution in [0.15, 0.2) is 48.5 Å². The summed E-state index contributed by atoms with van der Waals surface area (Å²) in [7, 11) is 0. The van der Waals surface area contributed by atoms with Gasteiger partial charge in [-0.15, -0.1) is 37.9 Å². The summed E-state index contributed by atoms with van der Waals surface area (Å²) in [5.41, 5.74) is -0.0141. The van der Waals surface area contributed by atoms with Crippen molar-refractivity contribution in [3.05, 3.63) is 59.7 Å². The van der Waals surface area contributed by atoms with Crippen molar-refractivity contribution in [2.24, 2.45) is 0 Å². The van der Waals surface area contributed by atoms with E-state index in [9.17, 15) is 35.9 Å². The van der Waals surface area contributed by atoms with E-state index in [1.54, 1.807) is 0 Å². The zero-order valence-electron chi connectivity index (χ0n) is 17.2. The Bertz CT molecular complexity index is 948. The number of aliphatic carboxylic acids is 2. The number of carboxylic acids is 2. The lowest BCUT2D eigenvalue weighted by Gasteiger charge is -2.17. The van der Waals surface area contributed by atoms with Crippen LogP contribution in [0.1, 0.15) is 29.9 Å². The number of ether oxygens (including phenoxy) is 2. The van der Waals surface area contributed by atoms with Gasteiger partial charge in [0.1, 0.15) is 11.5 Å². The van der Waals surface area contributed by atoms with E-state index in [-0.39, 0.29) is 23.4 Å². The molecule has 2 aromatic carbocycles. The van der Waals surface area contributed by atoms with Crippen LogP contribution in [0.25, 0.3) is 0 Å². The average molecular weight is 517 g/mol. The topological polar surface area (TPSA) is 93.1 Å². The number of para-hydroxylation sites is 2. The van der Waals surface area contributed by atoms with Gasteiger partial charge in [-0.3, -0.25) is 9.59 Å². The maximum absolute atomic E-state index is 12.2. The second kappa shape index (κ2) is 12.9. The number of alkyl halides is 7. The van der Waals surface area contributed by atoms with Crippen molar-refractivity contribution in [1.82, 2.24) is 0 Å². The maximum atomic E-state index is 12.2. The van der Waals surface area contributed by atoms with Gasteiger partial charge in [0.15, 0.2) is 0 Å². The summed E-state index contributed by atoms with van der Waals surface area (Å²) < 4.78 is 79.9. The van der Waals surface area contributed by atoms with Gasteiger partial charge >= 0.3 is 24.7 Å². The number of halogens is 7. The molecule has 1 unspecified atom stereocenters. The molecular weight excluding hydrogens is 498 g/mol. The minimum atomic E-state index is -4.86. The smallest absolute Gasteiger partial charge is 0.481 e. The first-order valence-electron chi connectivity index (χ1n) is 9.42. The molecule has 0 aliphatic carbocycles. The zero-order valence-corrected chi connectivity index (χ0v) is 18.0. The molecule has 2 N–H and O–H groups in total. The highest BCUT2D eigenvalue weighted by Gasteiger charge is 2.34. The molecule has 6 nitrogen and oxygen atoms in total. The van der Waals surface area contributed by atoms with E-state index in [1.807, 2.05) is 0 Å². The Morgan fingerprint density at radius 2 is 1.35 bits per heavy atom. The largest absolute Gasteiger partial charge is 0.573 e. The van der Waals surface area contributed by atoms with E-state index in [2.05, 4.69) is 9.47 Å². The number of carbonyl (C=O) groups is 2. The van der Waals surface area contributed by atoms with Crippen LogP contribution < -0.4 is 9.47 Å². The van der Waals surface area contributed by atoms with Crippen molar-refractivity contribution in [1.29, 1.82) is 0 Å². The fraction of sp³-hybridized carbons (Fsp3) is 0.333. The molecule has 0 fully saturated rings.